The lowest BCUT2D eigenvalue weighted by Crippen LogP contribution is -2.50. The largest absolute Gasteiger partial charge is 0.481 e. The second-order valence-electron chi connectivity index (χ2n) is 10.9. The summed E-state index contributed by atoms with van der Waals surface area (Å²) in [4.78, 5) is 25.8. The number of rotatable bonds is 6. The highest BCUT2D eigenvalue weighted by Crippen LogP contribution is 2.54. The standard InChI is InChI=1S/C28H28F7NO5S/c1-17-2-12-22(13-3-17)42(40,41)25(14-15-36(16-25)23(37)18-4-6-19(7-5-18)24(38)39)20-8-10-21(11-9-20)26(29,27(30,31)32)28(33,34)35/h2-3,8-13,18-19H,4-7,14-16H2,1H3,(H,38,39)/t18-,19-,25-/m0/s1. The highest BCUT2D eigenvalue weighted by Gasteiger charge is 2.73. The molecule has 1 saturated carbocycles. The van der Waals surface area contributed by atoms with Gasteiger partial charge in [0, 0.05) is 24.6 Å². The first kappa shape index (κ1) is 31.8. The Morgan fingerprint density at radius 2 is 1.33 bits per heavy atom. The Morgan fingerprint density at radius 1 is 0.833 bits per heavy atom. The van der Waals surface area contributed by atoms with E-state index in [2.05, 4.69) is 0 Å². The average Bonchev–Trinajstić information content (AvgIpc) is 3.39. The van der Waals surface area contributed by atoms with Crippen LogP contribution in [0.15, 0.2) is 53.4 Å². The van der Waals surface area contributed by atoms with Crippen LogP contribution < -0.4 is 0 Å². The first-order valence-electron chi connectivity index (χ1n) is 13.1. The summed E-state index contributed by atoms with van der Waals surface area (Å²) in [6, 6.07) is 7.70. The van der Waals surface area contributed by atoms with E-state index < -0.39 is 68.4 Å². The minimum absolute atomic E-state index is 0.0807. The first-order valence-corrected chi connectivity index (χ1v) is 14.6. The zero-order valence-electron chi connectivity index (χ0n) is 22.3. The minimum atomic E-state index is -6.34. The molecule has 42 heavy (non-hydrogen) atoms. The van der Waals surface area contributed by atoms with E-state index in [4.69, 9.17) is 0 Å². The maximum Gasteiger partial charge on any atom is 0.435 e. The number of alkyl halides is 7. The summed E-state index contributed by atoms with van der Waals surface area (Å²) >= 11 is 0. The number of nitrogens with zero attached hydrogens (tertiary/aromatic N) is 1. The lowest BCUT2D eigenvalue weighted by atomic mass is 9.81. The first-order chi connectivity index (χ1) is 19.3. The second-order valence-corrected chi connectivity index (χ2v) is 13.2. The fraction of sp³-hybridized carbons (Fsp3) is 0.500. The number of hydrogen-bond acceptors (Lipinski definition) is 4. The van der Waals surface area contributed by atoms with Crippen LogP contribution in [0.1, 0.15) is 48.8 Å². The molecule has 6 nitrogen and oxygen atoms in total. The molecule has 0 spiro atoms. The van der Waals surface area contributed by atoms with Gasteiger partial charge in [-0.05, 0) is 56.7 Å². The summed E-state index contributed by atoms with van der Waals surface area (Å²) in [5, 5.41) is 9.23. The van der Waals surface area contributed by atoms with E-state index in [1.165, 1.54) is 29.2 Å². The van der Waals surface area contributed by atoms with Gasteiger partial charge in [0.15, 0.2) is 9.84 Å². The van der Waals surface area contributed by atoms with Gasteiger partial charge in [0.05, 0.1) is 10.8 Å². The van der Waals surface area contributed by atoms with Crippen LogP contribution in [0.4, 0.5) is 30.7 Å². The Morgan fingerprint density at radius 3 is 1.81 bits per heavy atom. The van der Waals surface area contributed by atoms with Gasteiger partial charge < -0.3 is 10.0 Å². The number of carbonyl (C=O) groups is 2. The van der Waals surface area contributed by atoms with Crippen molar-refractivity contribution >= 4 is 21.7 Å². The normalized spacial score (nSPS) is 24.0. The van der Waals surface area contributed by atoms with Gasteiger partial charge in [-0.1, -0.05) is 42.0 Å². The molecule has 2 fully saturated rings. The molecule has 0 radical (unpaired) electrons. The van der Waals surface area contributed by atoms with Crippen LogP contribution in [0.25, 0.3) is 0 Å². The third-order valence-corrected chi connectivity index (χ3v) is 10.9. The van der Waals surface area contributed by atoms with Crippen LogP contribution in [0.2, 0.25) is 0 Å². The molecule has 1 heterocycles. The number of carbonyl (C=O) groups excluding carboxylic acids is 1. The summed E-state index contributed by atoms with van der Waals surface area (Å²) < 4.78 is 121. The summed E-state index contributed by atoms with van der Waals surface area (Å²) in [6.45, 7) is 1.19. The van der Waals surface area contributed by atoms with Gasteiger partial charge in [0.2, 0.25) is 5.91 Å². The summed E-state index contributed by atoms with van der Waals surface area (Å²) in [6.07, 6.45) is -11.8. The number of carboxylic acids is 1. The summed E-state index contributed by atoms with van der Waals surface area (Å²) in [5.41, 5.74) is -6.90. The van der Waals surface area contributed by atoms with Crippen LogP contribution in [0.3, 0.4) is 0 Å². The van der Waals surface area contributed by atoms with Crippen molar-refractivity contribution in [3.63, 3.8) is 0 Å². The van der Waals surface area contributed by atoms with Gasteiger partial charge in [0.25, 0.3) is 0 Å². The van der Waals surface area contributed by atoms with Crippen LogP contribution in [0, 0.1) is 18.8 Å². The van der Waals surface area contributed by atoms with Crippen molar-refractivity contribution in [2.75, 3.05) is 13.1 Å². The van der Waals surface area contributed by atoms with Gasteiger partial charge in [-0.3, -0.25) is 9.59 Å². The maximum atomic E-state index is 14.7. The van der Waals surface area contributed by atoms with Crippen molar-refractivity contribution in [1.29, 1.82) is 0 Å². The van der Waals surface area contributed by atoms with E-state index in [9.17, 15) is 53.8 Å². The highest BCUT2D eigenvalue weighted by molar-refractivity contribution is 7.92. The molecule has 1 amide bonds. The number of sulfone groups is 1. The van der Waals surface area contributed by atoms with E-state index in [1.807, 2.05) is 0 Å². The SMILES string of the molecule is Cc1ccc(S(=O)(=O)[C@@]2(c3ccc(C(F)(C(F)(F)F)C(F)(F)F)cc3)CCN(C(=O)[C@H]3CC[C@H](C(=O)O)CC3)C2)cc1. The van der Waals surface area contributed by atoms with Gasteiger partial charge in [0.1, 0.15) is 4.75 Å². The summed E-state index contributed by atoms with van der Waals surface area (Å²) in [7, 11) is -4.40. The van der Waals surface area contributed by atoms with E-state index in [1.54, 1.807) is 6.92 Å². The molecule has 14 heteroatoms. The number of halogens is 7. The summed E-state index contributed by atoms with van der Waals surface area (Å²) in [5.74, 6) is -2.54. The Labute approximate surface area is 237 Å². The van der Waals surface area contributed by atoms with Gasteiger partial charge in [-0.25, -0.2) is 12.8 Å². The zero-order valence-corrected chi connectivity index (χ0v) is 23.1. The molecule has 230 valence electrons. The molecule has 4 rings (SSSR count). The molecular formula is C28H28F7NO5S. The number of likely N-dealkylation sites (tertiary alicyclic amines) is 1. The van der Waals surface area contributed by atoms with Crippen molar-refractivity contribution in [1.82, 2.24) is 4.90 Å². The van der Waals surface area contributed by atoms with Gasteiger partial charge in [-0.2, -0.15) is 26.3 Å². The van der Waals surface area contributed by atoms with Gasteiger partial charge in [-0.15, -0.1) is 0 Å². The van der Waals surface area contributed by atoms with E-state index in [0.717, 1.165) is 17.7 Å². The molecule has 2 aliphatic rings. The molecule has 2 aromatic carbocycles. The van der Waals surface area contributed by atoms with Crippen LogP contribution in [-0.4, -0.2) is 55.7 Å². The number of hydrogen-bond donors (Lipinski definition) is 1. The predicted molar refractivity (Wildman–Crippen MR) is 136 cm³/mol. The lowest BCUT2D eigenvalue weighted by molar-refractivity contribution is -0.348. The third kappa shape index (κ3) is 5.26. The number of benzene rings is 2. The van der Waals surface area contributed by atoms with Crippen LogP contribution in [-0.2, 0) is 29.8 Å². The number of amides is 1. The van der Waals surface area contributed by atoms with Crippen molar-refractivity contribution in [3.05, 3.63) is 65.2 Å². The van der Waals surface area contributed by atoms with Crippen LogP contribution in [0.5, 0.6) is 0 Å². The molecule has 0 aromatic heterocycles. The maximum absolute atomic E-state index is 14.7. The van der Waals surface area contributed by atoms with Crippen molar-refractivity contribution < 1.29 is 53.8 Å². The average molecular weight is 624 g/mol. The molecule has 1 atom stereocenters. The number of carboxylic acid groups (broad SMARTS) is 1. The molecule has 1 aliphatic carbocycles. The zero-order chi connectivity index (χ0) is 31.3. The number of aliphatic carboxylic acids is 1. The number of aryl methyl sites for hydroxylation is 1. The molecule has 0 bridgehead atoms. The molecule has 1 aliphatic heterocycles. The smallest absolute Gasteiger partial charge is 0.435 e. The van der Waals surface area contributed by atoms with Crippen molar-refractivity contribution in [2.24, 2.45) is 11.8 Å². The minimum Gasteiger partial charge on any atom is -0.481 e. The molecular weight excluding hydrogens is 595 g/mol. The van der Waals surface area contributed by atoms with E-state index in [-0.39, 0.29) is 61.2 Å². The Balaban J connectivity index is 1.74. The lowest BCUT2D eigenvalue weighted by Gasteiger charge is -2.33. The fourth-order valence-corrected chi connectivity index (χ4v) is 7.94. The monoisotopic (exact) mass is 623 g/mol. The fourth-order valence-electron chi connectivity index (χ4n) is 5.86. The second kappa shape index (κ2) is 10.8. The molecule has 2 aromatic rings. The topological polar surface area (TPSA) is 91.8 Å². The van der Waals surface area contributed by atoms with Crippen molar-refractivity contribution in [2.45, 2.75) is 66.7 Å². The molecule has 1 saturated heterocycles. The Hall–Kier alpha value is -3.16. The predicted octanol–water partition coefficient (Wildman–Crippen LogP) is 6.08. The van der Waals surface area contributed by atoms with Crippen molar-refractivity contribution in [3.8, 4) is 0 Å². The van der Waals surface area contributed by atoms with E-state index in [0.29, 0.717) is 0 Å². The Bertz CT molecular complexity index is 1420. The quantitative estimate of drug-likeness (QED) is 0.394. The van der Waals surface area contributed by atoms with E-state index >= 15 is 0 Å². The Kier molecular flexibility index (Phi) is 8.20. The van der Waals surface area contributed by atoms with Crippen LogP contribution >= 0.6 is 0 Å². The van der Waals surface area contributed by atoms with Gasteiger partial charge >= 0.3 is 24.0 Å². The molecule has 0 unspecified atom stereocenters. The highest BCUT2D eigenvalue weighted by atomic mass is 32.2. The molecule has 1 N–H and O–H groups in total. The third-order valence-electron chi connectivity index (χ3n) is 8.40.